The van der Waals surface area contributed by atoms with E-state index >= 15 is 0 Å². The molecule has 0 aliphatic carbocycles. The van der Waals surface area contributed by atoms with Gasteiger partial charge in [-0.1, -0.05) is 6.92 Å². The number of likely N-dealkylation sites (N-methyl/N-ethyl adjacent to an activating group) is 1. The number of benzene rings is 1. The number of hydrogen-bond acceptors (Lipinski definition) is 5. The molecule has 1 N–H and O–H groups in total. The molecule has 110 valence electrons. The van der Waals surface area contributed by atoms with Crippen molar-refractivity contribution < 1.29 is 9.66 Å². The lowest BCUT2D eigenvalue weighted by Gasteiger charge is -2.26. The van der Waals surface area contributed by atoms with Gasteiger partial charge in [-0.15, -0.1) is 0 Å². The molecule has 1 aromatic carbocycles. The van der Waals surface area contributed by atoms with Gasteiger partial charge in [0, 0.05) is 37.5 Å². The first-order valence-electron chi connectivity index (χ1n) is 6.97. The monoisotopic (exact) mass is 279 g/mol. The van der Waals surface area contributed by atoms with E-state index in [2.05, 4.69) is 10.2 Å². The molecule has 0 radical (unpaired) electrons. The van der Waals surface area contributed by atoms with Crippen LogP contribution in [0.1, 0.15) is 19.8 Å². The zero-order valence-corrected chi connectivity index (χ0v) is 12.0. The van der Waals surface area contributed by atoms with E-state index in [1.54, 1.807) is 6.07 Å². The van der Waals surface area contributed by atoms with Gasteiger partial charge in [0.2, 0.25) is 0 Å². The first-order chi connectivity index (χ1) is 9.61. The fourth-order valence-electron chi connectivity index (χ4n) is 2.36. The van der Waals surface area contributed by atoms with Gasteiger partial charge in [-0.3, -0.25) is 10.1 Å². The maximum atomic E-state index is 11.0. The summed E-state index contributed by atoms with van der Waals surface area (Å²) in [6.45, 7) is 4.47. The Balaban J connectivity index is 2.25. The van der Waals surface area contributed by atoms with Crippen molar-refractivity contribution in [2.24, 2.45) is 0 Å². The minimum Gasteiger partial charge on any atom is -0.493 e. The maximum Gasteiger partial charge on any atom is 0.275 e. The second kappa shape index (κ2) is 6.56. The minimum absolute atomic E-state index is 0.0754. The third kappa shape index (κ3) is 3.39. The van der Waals surface area contributed by atoms with E-state index in [9.17, 15) is 10.1 Å². The zero-order valence-electron chi connectivity index (χ0n) is 12.0. The van der Waals surface area contributed by atoms with Crippen molar-refractivity contribution in [1.82, 2.24) is 5.32 Å². The van der Waals surface area contributed by atoms with Crippen molar-refractivity contribution in [3.8, 4) is 5.75 Å². The summed E-state index contributed by atoms with van der Waals surface area (Å²) in [5.41, 5.74) is 0.908. The van der Waals surface area contributed by atoms with Crippen LogP contribution < -0.4 is 15.0 Å². The molecule has 1 atom stereocenters. The highest BCUT2D eigenvalue weighted by Crippen LogP contribution is 2.29. The lowest BCUT2D eigenvalue weighted by atomic mass is 10.2. The van der Waals surface area contributed by atoms with Crippen LogP contribution in [0.25, 0.3) is 0 Å². The number of hydrogen-bond donors (Lipinski definition) is 1. The average Bonchev–Trinajstić information content (AvgIpc) is 2.98. The summed E-state index contributed by atoms with van der Waals surface area (Å²) in [5.74, 6) is 0.564. The Labute approximate surface area is 118 Å². The summed E-state index contributed by atoms with van der Waals surface area (Å²) in [5, 5.41) is 14.3. The van der Waals surface area contributed by atoms with Crippen molar-refractivity contribution in [2.45, 2.75) is 25.8 Å². The molecule has 0 amide bonds. The standard InChI is InChI=1S/C14H21N3O3/c1-3-6-20-14-8-12(7-13(9-14)17(18)19)16(2)11-4-5-15-10-11/h7-9,11,15H,3-6,10H2,1-2H3. The van der Waals surface area contributed by atoms with Gasteiger partial charge < -0.3 is 15.0 Å². The molecular formula is C14H21N3O3. The molecule has 1 unspecified atom stereocenters. The predicted octanol–water partition coefficient (Wildman–Crippen LogP) is 2.18. The number of nitro groups is 1. The molecular weight excluding hydrogens is 258 g/mol. The molecule has 6 nitrogen and oxygen atoms in total. The third-order valence-electron chi connectivity index (χ3n) is 3.55. The summed E-state index contributed by atoms with van der Waals surface area (Å²) in [6.07, 6.45) is 1.92. The van der Waals surface area contributed by atoms with E-state index in [0.29, 0.717) is 18.4 Å². The van der Waals surface area contributed by atoms with Crippen LogP contribution in [0.3, 0.4) is 0 Å². The molecule has 0 saturated carbocycles. The van der Waals surface area contributed by atoms with Gasteiger partial charge in [0.1, 0.15) is 5.75 Å². The Morgan fingerprint density at radius 2 is 2.30 bits per heavy atom. The molecule has 1 aliphatic rings. The van der Waals surface area contributed by atoms with Crippen molar-refractivity contribution in [1.29, 1.82) is 0 Å². The van der Waals surface area contributed by atoms with E-state index in [-0.39, 0.29) is 10.6 Å². The van der Waals surface area contributed by atoms with Gasteiger partial charge in [-0.05, 0) is 19.4 Å². The topological polar surface area (TPSA) is 67.6 Å². The number of nitro benzene ring substituents is 1. The summed E-state index contributed by atoms with van der Waals surface area (Å²) < 4.78 is 5.55. The van der Waals surface area contributed by atoms with Crippen LogP contribution in [0.15, 0.2) is 18.2 Å². The third-order valence-corrected chi connectivity index (χ3v) is 3.55. The minimum atomic E-state index is -0.372. The number of nitrogens with zero attached hydrogens (tertiary/aromatic N) is 2. The van der Waals surface area contributed by atoms with Gasteiger partial charge in [0.25, 0.3) is 5.69 Å². The lowest BCUT2D eigenvalue weighted by molar-refractivity contribution is -0.384. The van der Waals surface area contributed by atoms with Gasteiger partial charge >= 0.3 is 0 Å². The SMILES string of the molecule is CCCOc1cc(N(C)C2CCNC2)cc([N+](=O)[O-])c1. The Morgan fingerprint density at radius 1 is 1.50 bits per heavy atom. The molecule has 1 aliphatic heterocycles. The first kappa shape index (κ1) is 14.6. The highest BCUT2D eigenvalue weighted by Gasteiger charge is 2.21. The summed E-state index contributed by atoms with van der Waals surface area (Å²) in [6, 6.07) is 5.34. The van der Waals surface area contributed by atoms with Gasteiger partial charge in [-0.25, -0.2) is 0 Å². The first-order valence-corrected chi connectivity index (χ1v) is 6.97. The molecule has 6 heteroatoms. The summed E-state index contributed by atoms with van der Waals surface area (Å²) in [7, 11) is 1.97. The number of ether oxygens (including phenoxy) is 1. The van der Waals surface area contributed by atoms with Crippen molar-refractivity contribution in [3.05, 3.63) is 28.3 Å². The fourth-order valence-corrected chi connectivity index (χ4v) is 2.36. The van der Waals surface area contributed by atoms with Crippen LogP contribution >= 0.6 is 0 Å². The number of rotatable bonds is 6. The molecule has 1 saturated heterocycles. The highest BCUT2D eigenvalue weighted by molar-refractivity contribution is 5.58. The van der Waals surface area contributed by atoms with Crippen LogP contribution in [0.2, 0.25) is 0 Å². The zero-order chi connectivity index (χ0) is 14.5. The Hall–Kier alpha value is -1.82. The van der Waals surface area contributed by atoms with Crippen LogP contribution in [0, 0.1) is 10.1 Å². The Bertz CT molecular complexity index is 473. The Kier molecular flexibility index (Phi) is 4.79. The van der Waals surface area contributed by atoms with Gasteiger partial charge in [-0.2, -0.15) is 0 Å². The van der Waals surface area contributed by atoms with Crippen LogP contribution in [-0.2, 0) is 0 Å². The number of non-ortho nitro benzene ring substituents is 1. The maximum absolute atomic E-state index is 11.0. The fraction of sp³-hybridized carbons (Fsp3) is 0.571. The lowest BCUT2D eigenvalue weighted by Crippen LogP contribution is -2.33. The normalized spacial score (nSPS) is 18.0. The quantitative estimate of drug-likeness (QED) is 0.638. The van der Waals surface area contributed by atoms with Crippen molar-refractivity contribution in [3.63, 3.8) is 0 Å². The Morgan fingerprint density at radius 3 is 2.90 bits per heavy atom. The van der Waals surface area contributed by atoms with Gasteiger partial charge in [0.05, 0.1) is 17.6 Å². The summed E-state index contributed by atoms with van der Waals surface area (Å²) in [4.78, 5) is 12.8. The average molecular weight is 279 g/mol. The molecule has 1 heterocycles. The van der Waals surface area contributed by atoms with E-state index in [0.717, 1.165) is 31.6 Å². The van der Waals surface area contributed by atoms with E-state index < -0.39 is 0 Å². The molecule has 1 fully saturated rings. The molecule has 1 aromatic rings. The van der Waals surface area contributed by atoms with Crippen LogP contribution in [0.4, 0.5) is 11.4 Å². The van der Waals surface area contributed by atoms with Crippen LogP contribution in [-0.4, -0.2) is 37.7 Å². The second-order valence-corrected chi connectivity index (χ2v) is 5.05. The smallest absolute Gasteiger partial charge is 0.275 e. The van der Waals surface area contributed by atoms with E-state index in [4.69, 9.17) is 4.74 Å². The summed E-state index contributed by atoms with van der Waals surface area (Å²) >= 11 is 0. The van der Waals surface area contributed by atoms with Crippen molar-refractivity contribution >= 4 is 11.4 Å². The van der Waals surface area contributed by atoms with Crippen LogP contribution in [0.5, 0.6) is 5.75 Å². The largest absolute Gasteiger partial charge is 0.493 e. The van der Waals surface area contributed by atoms with E-state index in [1.807, 2.05) is 20.0 Å². The second-order valence-electron chi connectivity index (χ2n) is 5.05. The molecule has 0 bridgehead atoms. The van der Waals surface area contributed by atoms with Gasteiger partial charge in [0.15, 0.2) is 0 Å². The molecule has 20 heavy (non-hydrogen) atoms. The molecule has 0 aromatic heterocycles. The number of anilines is 1. The van der Waals surface area contributed by atoms with Crippen molar-refractivity contribution in [2.75, 3.05) is 31.6 Å². The highest BCUT2D eigenvalue weighted by atomic mass is 16.6. The molecule has 0 spiro atoms. The number of nitrogens with one attached hydrogen (secondary N) is 1. The molecule has 2 rings (SSSR count). The predicted molar refractivity (Wildman–Crippen MR) is 78.6 cm³/mol. The van der Waals surface area contributed by atoms with E-state index in [1.165, 1.54) is 6.07 Å².